The highest BCUT2D eigenvalue weighted by molar-refractivity contribution is 6.02. The third-order valence-electron chi connectivity index (χ3n) is 2.59. The first kappa shape index (κ1) is 13.9. The molecule has 8 nitrogen and oxygen atoms in total. The Morgan fingerprint density at radius 1 is 1.55 bits per heavy atom. The Balaban J connectivity index is 1.91. The van der Waals surface area contributed by atoms with Gasteiger partial charge in [0.1, 0.15) is 12.2 Å². The second-order valence-electron chi connectivity index (χ2n) is 4.12. The largest absolute Gasteiger partial charge is 0.459 e. The van der Waals surface area contributed by atoms with Crippen molar-refractivity contribution in [3.8, 4) is 0 Å². The molecule has 0 aromatic carbocycles. The van der Waals surface area contributed by atoms with E-state index in [0.717, 1.165) is 0 Å². The van der Waals surface area contributed by atoms with Gasteiger partial charge < -0.3 is 9.52 Å². The second-order valence-corrected chi connectivity index (χ2v) is 4.12. The molecule has 0 radical (unpaired) electrons. The van der Waals surface area contributed by atoms with Crippen molar-refractivity contribution < 1.29 is 19.1 Å². The Bertz CT molecular complexity index is 590. The van der Waals surface area contributed by atoms with Crippen molar-refractivity contribution in [1.29, 1.82) is 0 Å². The lowest BCUT2D eigenvalue weighted by Gasteiger charge is -2.02. The highest BCUT2D eigenvalue weighted by Crippen LogP contribution is 2.11. The molecule has 0 saturated heterocycles. The molecule has 0 aliphatic heterocycles. The summed E-state index contributed by atoms with van der Waals surface area (Å²) in [7, 11) is 0. The van der Waals surface area contributed by atoms with Crippen LogP contribution in [0.1, 0.15) is 35.7 Å². The average molecular weight is 278 g/mol. The zero-order chi connectivity index (χ0) is 14.5. The van der Waals surface area contributed by atoms with E-state index in [1.807, 2.05) is 0 Å². The van der Waals surface area contributed by atoms with Crippen molar-refractivity contribution in [2.75, 3.05) is 0 Å². The second kappa shape index (κ2) is 6.11. The Morgan fingerprint density at radius 3 is 3.00 bits per heavy atom. The number of hydrogen-bond acceptors (Lipinski definition) is 6. The lowest BCUT2D eigenvalue weighted by molar-refractivity contribution is -0.120. The molecule has 0 saturated carbocycles. The van der Waals surface area contributed by atoms with Crippen LogP contribution in [0.3, 0.4) is 0 Å². The van der Waals surface area contributed by atoms with Gasteiger partial charge in [0.15, 0.2) is 5.76 Å². The van der Waals surface area contributed by atoms with Crippen LogP contribution < -0.4 is 5.32 Å². The van der Waals surface area contributed by atoms with Gasteiger partial charge in [-0.05, 0) is 18.6 Å². The molecule has 0 bridgehead atoms. The van der Waals surface area contributed by atoms with Gasteiger partial charge in [-0.15, -0.1) is 5.10 Å². The minimum absolute atomic E-state index is 0.0547. The van der Waals surface area contributed by atoms with Gasteiger partial charge in [-0.1, -0.05) is 12.1 Å². The lowest BCUT2D eigenvalue weighted by atomic mass is 10.2. The van der Waals surface area contributed by atoms with Gasteiger partial charge in [0, 0.05) is 0 Å². The van der Waals surface area contributed by atoms with Gasteiger partial charge in [-0.25, -0.2) is 4.68 Å². The number of rotatable bonds is 5. The minimum atomic E-state index is -0.712. The number of amides is 2. The molecule has 0 spiro atoms. The third-order valence-corrected chi connectivity index (χ3v) is 2.59. The molecule has 20 heavy (non-hydrogen) atoms. The standard InChI is InChI=1S/C12H14N4O4/c1-2-9(17)8-6-16(15-14-8)7-11(18)13-12(19)10-4-3-5-20-10/h3-6,9,17H,2,7H2,1H3,(H,13,18,19). The fraction of sp³-hybridized carbons (Fsp3) is 0.333. The molecule has 2 rings (SSSR count). The van der Waals surface area contributed by atoms with Crippen molar-refractivity contribution in [1.82, 2.24) is 20.3 Å². The fourth-order valence-electron chi connectivity index (χ4n) is 1.54. The quantitative estimate of drug-likeness (QED) is 0.812. The summed E-state index contributed by atoms with van der Waals surface area (Å²) in [6.07, 6.45) is 2.60. The number of aliphatic hydroxyl groups excluding tert-OH is 1. The van der Waals surface area contributed by atoms with Crippen LogP contribution in [-0.4, -0.2) is 31.9 Å². The van der Waals surface area contributed by atoms with Crippen LogP contribution in [0.15, 0.2) is 29.0 Å². The molecule has 0 aliphatic rings. The number of hydrogen-bond donors (Lipinski definition) is 2. The summed E-state index contributed by atoms with van der Waals surface area (Å²) >= 11 is 0. The van der Waals surface area contributed by atoms with E-state index in [4.69, 9.17) is 4.42 Å². The Morgan fingerprint density at radius 2 is 2.35 bits per heavy atom. The van der Waals surface area contributed by atoms with Gasteiger partial charge in [0.25, 0.3) is 5.91 Å². The first-order chi connectivity index (χ1) is 9.60. The van der Waals surface area contributed by atoms with Crippen molar-refractivity contribution in [2.45, 2.75) is 26.0 Å². The van der Waals surface area contributed by atoms with Crippen molar-refractivity contribution in [3.63, 3.8) is 0 Å². The highest BCUT2D eigenvalue weighted by atomic mass is 16.3. The SMILES string of the molecule is CCC(O)c1cn(CC(=O)NC(=O)c2ccco2)nn1. The van der Waals surface area contributed by atoms with Crippen LogP contribution in [0, 0.1) is 0 Å². The molecule has 2 N–H and O–H groups in total. The van der Waals surface area contributed by atoms with E-state index >= 15 is 0 Å². The monoisotopic (exact) mass is 278 g/mol. The third kappa shape index (κ3) is 3.29. The van der Waals surface area contributed by atoms with E-state index in [1.54, 1.807) is 13.0 Å². The molecule has 2 aromatic heterocycles. The molecule has 1 atom stereocenters. The topological polar surface area (TPSA) is 110 Å². The van der Waals surface area contributed by atoms with Crippen molar-refractivity contribution >= 4 is 11.8 Å². The maximum absolute atomic E-state index is 11.6. The average Bonchev–Trinajstić information content (AvgIpc) is 3.08. The summed E-state index contributed by atoms with van der Waals surface area (Å²) in [5, 5.41) is 19.2. The molecular formula is C12H14N4O4. The summed E-state index contributed by atoms with van der Waals surface area (Å²) in [4.78, 5) is 23.2. The molecule has 0 aliphatic carbocycles. The molecule has 2 aromatic rings. The predicted molar refractivity (Wildman–Crippen MR) is 66.5 cm³/mol. The van der Waals surface area contributed by atoms with Crippen molar-refractivity contribution in [2.24, 2.45) is 0 Å². The normalized spacial score (nSPS) is 12.1. The number of aliphatic hydroxyl groups is 1. The zero-order valence-corrected chi connectivity index (χ0v) is 10.8. The molecule has 2 heterocycles. The van der Waals surface area contributed by atoms with E-state index in [1.165, 1.54) is 23.2 Å². The molecule has 0 fully saturated rings. The van der Waals surface area contributed by atoms with Crippen LogP contribution in [0.25, 0.3) is 0 Å². The van der Waals surface area contributed by atoms with Crippen LogP contribution in [0.4, 0.5) is 0 Å². The first-order valence-electron chi connectivity index (χ1n) is 6.06. The number of carbonyl (C=O) groups excluding carboxylic acids is 2. The van der Waals surface area contributed by atoms with Crippen LogP contribution in [0.5, 0.6) is 0 Å². The molecule has 2 amide bonds. The van der Waals surface area contributed by atoms with Crippen LogP contribution >= 0.6 is 0 Å². The summed E-state index contributed by atoms with van der Waals surface area (Å²) in [5.41, 5.74) is 0.387. The summed E-state index contributed by atoms with van der Waals surface area (Å²) in [6, 6.07) is 3.00. The first-order valence-corrected chi connectivity index (χ1v) is 6.06. The van der Waals surface area contributed by atoms with Gasteiger partial charge in [-0.2, -0.15) is 0 Å². The van der Waals surface area contributed by atoms with E-state index in [9.17, 15) is 14.7 Å². The van der Waals surface area contributed by atoms with Gasteiger partial charge in [-0.3, -0.25) is 14.9 Å². The number of aromatic nitrogens is 3. The molecule has 8 heteroatoms. The van der Waals surface area contributed by atoms with E-state index in [0.29, 0.717) is 12.1 Å². The number of nitrogens with zero attached hydrogens (tertiary/aromatic N) is 3. The molecule has 1 unspecified atom stereocenters. The number of furan rings is 1. The predicted octanol–water partition coefficient (Wildman–Crippen LogP) is 0.271. The maximum Gasteiger partial charge on any atom is 0.293 e. The fourth-order valence-corrected chi connectivity index (χ4v) is 1.54. The smallest absolute Gasteiger partial charge is 0.293 e. The molecule has 106 valence electrons. The van der Waals surface area contributed by atoms with Gasteiger partial charge >= 0.3 is 0 Å². The van der Waals surface area contributed by atoms with Gasteiger partial charge in [0.05, 0.1) is 18.6 Å². The summed E-state index contributed by atoms with van der Waals surface area (Å²) < 4.78 is 6.11. The molecular weight excluding hydrogens is 264 g/mol. The van der Waals surface area contributed by atoms with Crippen LogP contribution in [0.2, 0.25) is 0 Å². The van der Waals surface area contributed by atoms with E-state index < -0.39 is 17.9 Å². The van der Waals surface area contributed by atoms with Crippen molar-refractivity contribution in [3.05, 3.63) is 36.0 Å². The maximum atomic E-state index is 11.6. The summed E-state index contributed by atoms with van der Waals surface area (Å²) in [5.74, 6) is -1.11. The van der Waals surface area contributed by atoms with Crippen LogP contribution in [-0.2, 0) is 11.3 Å². The van der Waals surface area contributed by atoms with Gasteiger partial charge in [0.2, 0.25) is 5.91 Å². The summed E-state index contributed by atoms with van der Waals surface area (Å²) in [6.45, 7) is 1.63. The van der Waals surface area contributed by atoms with E-state index in [2.05, 4.69) is 15.6 Å². The number of imide groups is 1. The number of nitrogens with one attached hydrogen (secondary N) is 1. The lowest BCUT2D eigenvalue weighted by Crippen LogP contribution is -2.33. The Hall–Kier alpha value is -2.48. The highest BCUT2D eigenvalue weighted by Gasteiger charge is 2.15. The number of carbonyl (C=O) groups is 2. The Kier molecular flexibility index (Phi) is 4.26. The minimum Gasteiger partial charge on any atom is -0.459 e. The zero-order valence-electron chi connectivity index (χ0n) is 10.8. The van der Waals surface area contributed by atoms with E-state index in [-0.39, 0.29) is 12.3 Å². The Labute approximate surface area is 114 Å².